The molecule has 104 valence electrons. The molecule has 1 amide bonds. The maximum atomic E-state index is 12.3. The minimum atomic E-state index is -0.547. The highest BCUT2D eigenvalue weighted by molar-refractivity contribution is 6.36. The molecule has 0 bridgehead atoms. The normalized spacial score (nSPS) is 11.2. The third kappa shape index (κ3) is 3.30. The molecular formula is C15H14Cl2N2O. The van der Waals surface area contributed by atoms with Crippen LogP contribution >= 0.6 is 23.2 Å². The predicted molar refractivity (Wildman–Crippen MR) is 81.2 cm³/mol. The minimum absolute atomic E-state index is 0.250. The summed E-state index contributed by atoms with van der Waals surface area (Å²) in [6.07, 6.45) is 3.42. The van der Waals surface area contributed by atoms with Gasteiger partial charge in [0, 0.05) is 17.4 Å². The van der Waals surface area contributed by atoms with E-state index in [1.54, 1.807) is 30.6 Å². The van der Waals surface area contributed by atoms with Crippen molar-refractivity contribution < 1.29 is 4.79 Å². The number of hydrogen-bond donors (Lipinski definition) is 1. The van der Waals surface area contributed by atoms with Crippen LogP contribution in [0.15, 0.2) is 42.7 Å². The molecule has 5 heteroatoms. The van der Waals surface area contributed by atoms with Gasteiger partial charge in [-0.1, -0.05) is 29.3 Å². The van der Waals surface area contributed by atoms with Crippen molar-refractivity contribution in [1.29, 1.82) is 0 Å². The Morgan fingerprint density at radius 3 is 2.60 bits per heavy atom. The summed E-state index contributed by atoms with van der Waals surface area (Å²) in [5.41, 5.74) is 0.764. The fraction of sp³-hybridized carbons (Fsp3) is 0.200. The van der Waals surface area contributed by atoms with E-state index in [-0.39, 0.29) is 5.91 Å². The van der Waals surface area contributed by atoms with Crippen molar-refractivity contribution in [3.8, 4) is 0 Å². The lowest BCUT2D eigenvalue weighted by atomic mass is 9.95. The molecule has 0 atom stereocenters. The van der Waals surface area contributed by atoms with Crippen LogP contribution in [0.2, 0.25) is 10.0 Å². The van der Waals surface area contributed by atoms with E-state index in [2.05, 4.69) is 10.3 Å². The number of rotatable bonds is 3. The molecule has 0 aliphatic carbocycles. The van der Waals surface area contributed by atoms with Gasteiger partial charge < -0.3 is 5.32 Å². The molecule has 0 saturated heterocycles. The predicted octanol–water partition coefficient (Wildman–Crippen LogP) is 4.05. The number of hydrogen-bond acceptors (Lipinski definition) is 2. The van der Waals surface area contributed by atoms with Gasteiger partial charge in [0.15, 0.2) is 0 Å². The summed E-state index contributed by atoms with van der Waals surface area (Å²) >= 11 is 11.9. The molecule has 0 spiro atoms. The van der Waals surface area contributed by atoms with E-state index in [9.17, 15) is 4.79 Å². The molecule has 1 aromatic heterocycles. The average Bonchev–Trinajstić information content (AvgIpc) is 2.39. The van der Waals surface area contributed by atoms with Crippen molar-refractivity contribution in [2.75, 3.05) is 0 Å². The van der Waals surface area contributed by atoms with Crippen molar-refractivity contribution in [3.63, 3.8) is 0 Å². The number of amides is 1. The highest BCUT2D eigenvalue weighted by atomic mass is 35.5. The lowest BCUT2D eigenvalue weighted by Gasteiger charge is -2.26. The maximum absolute atomic E-state index is 12.3. The van der Waals surface area contributed by atoms with Gasteiger partial charge in [-0.15, -0.1) is 0 Å². The number of pyridine rings is 1. The van der Waals surface area contributed by atoms with Crippen molar-refractivity contribution in [2.45, 2.75) is 19.4 Å². The first-order valence-corrected chi connectivity index (χ1v) is 6.84. The second kappa shape index (κ2) is 5.81. The molecule has 20 heavy (non-hydrogen) atoms. The van der Waals surface area contributed by atoms with Crippen molar-refractivity contribution in [2.24, 2.45) is 0 Å². The molecule has 2 aromatic rings. The molecule has 2 rings (SSSR count). The first-order chi connectivity index (χ1) is 9.40. The number of benzene rings is 1. The molecule has 1 N–H and O–H groups in total. The van der Waals surface area contributed by atoms with Crippen molar-refractivity contribution in [1.82, 2.24) is 10.3 Å². The first-order valence-electron chi connectivity index (χ1n) is 6.08. The maximum Gasteiger partial charge on any atom is 0.253 e. The third-order valence-corrected chi connectivity index (χ3v) is 3.53. The summed E-state index contributed by atoms with van der Waals surface area (Å²) in [7, 11) is 0. The zero-order chi connectivity index (χ0) is 14.8. The Morgan fingerprint density at radius 2 is 2.00 bits per heavy atom. The van der Waals surface area contributed by atoms with Crippen LogP contribution in [0.1, 0.15) is 29.8 Å². The van der Waals surface area contributed by atoms with E-state index >= 15 is 0 Å². The number of aromatic nitrogens is 1. The molecule has 1 heterocycles. The largest absolute Gasteiger partial charge is 0.343 e. The van der Waals surface area contributed by atoms with Gasteiger partial charge in [-0.05, 0) is 43.7 Å². The van der Waals surface area contributed by atoms with E-state index in [4.69, 9.17) is 23.2 Å². The van der Waals surface area contributed by atoms with Gasteiger partial charge in [-0.2, -0.15) is 0 Å². The summed E-state index contributed by atoms with van der Waals surface area (Å²) < 4.78 is 0. The van der Waals surface area contributed by atoms with Gasteiger partial charge in [-0.25, -0.2) is 0 Å². The van der Waals surface area contributed by atoms with Crippen LogP contribution in [0, 0.1) is 0 Å². The van der Waals surface area contributed by atoms with Crippen LogP contribution in [-0.4, -0.2) is 10.9 Å². The lowest BCUT2D eigenvalue weighted by Crippen LogP contribution is -2.41. The zero-order valence-electron chi connectivity index (χ0n) is 11.2. The summed E-state index contributed by atoms with van der Waals surface area (Å²) in [5.74, 6) is -0.250. The van der Waals surface area contributed by atoms with Gasteiger partial charge in [0.1, 0.15) is 0 Å². The molecule has 0 unspecified atom stereocenters. The fourth-order valence-corrected chi connectivity index (χ4v) is 2.32. The van der Waals surface area contributed by atoms with E-state index in [1.165, 1.54) is 0 Å². The minimum Gasteiger partial charge on any atom is -0.343 e. The second-order valence-corrected chi connectivity index (χ2v) is 5.79. The Labute approximate surface area is 127 Å². The smallest absolute Gasteiger partial charge is 0.253 e. The Kier molecular flexibility index (Phi) is 4.31. The molecule has 0 fully saturated rings. The summed E-state index contributed by atoms with van der Waals surface area (Å²) in [6, 6.07) is 8.54. The van der Waals surface area contributed by atoms with Crippen LogP contribution in [0.5, 0.6) is 0 Å². The number of nitrogens with one attached hydrogen (secondary N) is 1. The third-order valence-electron chi connectivity index (χ3n) is 2.99. The average molecular weight is 309 g/mol. The van der Waals surface area contributed by atoms with Gasteiger partial charge in [-0.3, -0.25) is 9.78 Å². The van der Waals surface area contributed by atoms with Crippen LogP contribution in [-0.2, 0) is 5.54 Å². The molecule has 0 saturated carbocycles. The first kappa shape index (κ1) is 14.8. The van der Waals surface area contributed by atoms with Crippen LogP contribution in [0.4, 0.5) is 0 Å². The van der Waals surface area contributed by atoms with Gasteiger partial charge >= 0.3 is 0 Å². The fourth-order valence-electron chi connectivity index (χ4n) is 1.83. The van der Waals surface area contributed by atoms with Crippen molar-refractivity contribution in [3.05, 3.63) is 63.9 Å². The quantitative estimate of drug-likeness (QED) is 0.929. The Morgan fingerprint density at radius 1 is 1.25 bits per heavy atom. The Bertz CT molecular complexity index is 627. The Hall–Kier alpha value is -1.58. The molecule has 0 aliphatic heterocycles. The van der Waals surface area contributed by atoms with Crippen LogP contribution in [0.25, 0.3) is 0 Å². The number of carbonyl (C=O) groups excluding carboxylic acids is 1. The number of halogens is 2. The summed E-state index contributed by atoms with van der Waals surface area (Å²) in [5, 5.41) is 3.77. The second-order valence-electron chi connectivity index (χ2n) is 4.94. The van der Waals surface area contributed by atoms with Gasteiger partial charge in [0.05, 0.1) is 16.1 Å². The zero-order valence-corrected chi connectivity index (χ0v) is 12.7. The topological polar surface area (TPSA) is 42.0 Å². The molecule has 0 radical (unpaired) electrons. The highest BCUT2D eigenvalue weighted by Gasteiger charge is 2.24. The van der Waals surface area contributed by atoms with Crippen molar-refractivity contribution >= 4 is 29.1 Å². The van der Waals surface area contributed by atoms with Gasteiger partial charge in [0.25, 0.3) is 5.91 Å². The Balaban J connectivity index is 2.23. The highest BCUT2D eigenvalue weighted by Crippen LogP contribution is 2.24. The van der Waals surface area contributed by atoms with Gasteiger partial charge in [0.2, 0.25) is 0 Å². The summed E-state index contributed by atoms with van der Waals surface area (Å²) in [6.45, 7) is 3.82. The van der Waals surface area contributed by atoms with Crippen LogP contribution < -0.4 is 5.32 Å². The molecule has 3 nitrogen and oxygen atoms in total. The monoisotopic (exact) mass is 308 g/mol. The summed E-state index contributed by atoms with van der Waals surface area (Å²) in [4.78, 5) is 16.4. The molecule has 1 aromatic carbocycles. The van der Waals surface area contributed by atoms with E-state index < -0.39 is 5.54 Å². The standard InChI is InChI=1S/C15H14Cl2N2O/c1-15(2,10-4-3-7-18-9-10)19-14(20)12-6-5-11(16)8-13(12)17/h3-9H,1-2H3,(H,19,20). The van der Waals surface area contributed by atoms with E-state index in [0.29, 0.717) is 15.6 Å². The molecular weight excluding hydrogens is 295 g/mol. The molecule has 0 aliphatic rings. The van der Waals surface area contributed by atoms with Crippen LogP contribution in [0.3, 0.4) is 0 Å². The number of nitrogens with zero attached hydrogens (tertiary/aromatic N) is 1. The van der Waals surface area contributed by atoms with E-state index in [0.717, 1.165) is 5.56 Å². The lowest BCUT2D eigenvalue weighted by molar-refractivity contribution is 0.0912. The van der Waals surface area contributed by atoms with E-state index in [1.807, 2.05) is 26.0 Å². The SMILES string of the molecule is CC(C)(NC(=O)c1ccc(Cl)cc1Cl)c1cccnc1. The number of carbonyl (C=O) groups is 1.